The third kappa shape index (κ3) is 1.23. The largest absolute Gasteiger partial charge is 0.402 e. The van der Waals surface area contributed by atoms with E-state index in [1.165, 1.54) is 0 Å². The monoisotopic (exact) mass is 129 g/mol. The van der Waals surface area contributed by atoms with Crippen molar-refractivity contribution in [1.29, 1.82) is 0 Å². The molecule has 1 rings (SSSR count). The van der Waals surface area contributed by atoms with Crippen LogP contribution in [0.4, 0.5) is 0 Å². The van der Waals surface area contributed by atoms with Gasteiger partial charge in [-0.25, -0.2) is 0 Å². The van der Waals surface area contributed by atoms with E-state index >= 15 is 0 Å². The molecule has 0 saturated carbocycles. The fourth-order valence-electron chi connectivity index (χ4n) is 0.897. The van der Waals surface area contributed by atoms with Crippen LogP contribution >= 0.6 is 0 Å². The van der Waals surface area contributed by atoms with Crippen LogP contribution in [0.25, 0.3) is 0 Å². The van der Waals surface area contributed by atoms with Gasteiger partial charge in [-0.1, -0.05) is 0 Å². The van der Waals surface area contributed by atoms with Gasteiger partial charge < -0.3 is 15.6 Å². The van der Waals surface area contributed by atoms with Gasteiger partial charge in [0.15, 0.2) is 6.29 Å². The molecule has 3 nitrogen and oxygen atoms in total. The Morgan fingerprint density at radius 3 is 2.78 bits per heavy atom. The van der Waals surface area contributed by atoms with Gasteiger partial charge >= 0.3 is 0 Å². The Hall–Kier alpha value is -0.540. The molecule has 0 aromatic carbocycles. The molecular formula is C6H11NO2. The van der Waals surface area contributed by atoms with Crippen LogP contribution in [0.5, 0.6) is 0 Å². The van der Waals surface area contributed by atoms with Crippen LogP contribution in [0.3, 0.4) is 0 Å². The Kier molecular flexibility index (Phi) is 1.73. The van der Waals surface area contributed by atoms with Crippen molar-refractivity contribution in [3.8, 4) is 0 Å². The van der Waals surface area contributed by atoms with Gasteiger partial charge in [0, 0.05) is 11.3 Å². The molecule has 0 bridgehead atoms. The molecule has 52 valence electrons. The lowest BCUT2D eigenvalue weighted by atomic mass is 10.2. The topological polar surface area (TPSA) is 55.5 Å². The van der Waals surface area contributed by atoms with Crippen molar-refractivity contribution >= 4 is 0 Å². The molecule has 3 heteroatoms. The van der Waals surface area contributed by atoms with Crippen molar-refractivity contribution in [3.05, 3.63) is 11.3 Å². The highest BCUT2D eigenvalue weighted by Crippen LogP contribution is 2.18. The van der Waals surface area contributed by atoms with Crippen molar-refractivity contribution < 1.29 is 9.84 Å². The average molecular weight is 129 g/mol. The molecular weight excluding hydrogens is 118 g/mol. The van der Waals surface area contributed by atoms with Crippen LogP contribution in [-0.4, -0.2) is 18.0 Å². The normalized spacial score (nSPS) is 32.9. The first-order valence-electron chi connectivity index (χ1n) is 2.96. The van der Waals surface area contributed by atoms with E-state index in [-0.39, 0.29) is 0 Å². The summed E-state index contributed by atoms with van der Waals surface area (Å²) in [7, 11) is 0. The second-order valence-electron chi connectivity index (χ2n) is 2.18. The molecule has 0 aromatic rings. The van der Waals surface area contributed by atoms with Gasteiger partial charge in [-0.2, -0.15) is 0 Å². The van der Waals surface area contributed by atoms with Crippen LogP contribution in [-0.2, 0) is 4.74 Å². The molecule has 1 saturated heterocycles. The summed E-state index contributed by atoms with van der Waals surface area (Å²) in [6.07, 6.45) is 0.0266. The van der Waals surface area contributed by atoms with E-state index in [0.717, 1.165) is 12.0 Å². The Labute approximate surface area is 54.1 Å². The predicted molar refractivity (Wildman–Crippen MR) is 33.5 cm³/mol. The average Bonchev–Trinajstić information content (AvgIpc) is 2.13. The van der Waals surface area contributed by atoms with E-state index in [0.29, 0.717) is 12.3 Å². The summed E-state index contributed by atoms with van der Waals surface area (Å²) in [5, 5.41) is 9.00. The minimum Gasteiger partial charge on any atom is -0.402 e. The first-order valence-corrected chi connectivity index (χ1v) is 2.96. The molecule has 3 N–H and O–H groups in total. The molecule has 0 aromatic heterocycles. The Morgan fingerprint density at radius 1 is 1.89 bits per heavy atom. The molecule has 0 aliphatic carbocycles. The van der Waals surface area contributed by atoms with Crippen molar-refractivity contribution in [2.24, 2.45) is 5.73 Å². The summed E-state index contributed by atoms with van der Waals surface area (Å²) in [6.45, 7) is 2.36. The van der Waals surface area contributed by atoms with Gasteiger partial charge in [-0.05, 0) is 13.3 Å². The number of allylic oxidation sites excluding steroid dienone is 1. The van der Waals surface area contributed by atoms with E-state index in [1.807, 2.05) is 0 Å². The van der Waals surface area contributed by atoms with E-state index in [2.05, 4.69) is 0 Å². The fraction of sp³-hybridized carbons (Fsp3) is 0.667. The van der Waals surface area contributed by atoms with Crippen molar-refractivity contribution in [3.63, 3.8) is 0 Å². The Balaban J connectivity index is 2.70. The third-order valence-electron chi connectivity index (χ3n) is 1.45. The number of rotatable bonds is 0. The van der Waals surface area contributed by atoms with Crippen molar-refractivity contribution in [2.75, 3.05) is 6.61 Å². The second-order valence-corrected chi connectivity index (χ2v) is 2.18. The lowest BCUT2D eigenvalue weighted by Crippen LogP contribution is -2.09. The summed E-state index contributed by atoms with van der Waals surface area (Å²) in [5.41, 5.74) is 6.94. The maximum absolute atomic E-state index is 9.00. The quantitative estimate of drug-likeness (QED) is 0.482. The number of nitrogens with two attached hydrogens (primary N) is 1. The van der Waals surface area contributed by atoms with Crippen LogP contribution < -0.4 is 5.73 Å². The van der Waals surface area contributed by atoms with Crippen LogP contribution in [0, 0.1) is 0 Å². The fourth-order valence-corrected chi connectivity index (χ4v) is 0.897. The van der Waals surface area contributed by atoms with Crippen LogP contribution in [0.15, 0.2) is 11.3 Å². The van der Waals surface area contributed by atoms with Gasteiger partial charge in [0.05, 0.1) is 6.61 Å². The van der Waals surface area contributed by atoms with E-state index < -0.39 is 6.29 Å². The number of ether oxygens (including phenoxy) is 1. The van der Waals surface area contributed by atoms with E-state index in [1.54, 1.807) is 6.92 Å². The lowest BCUT2D eigenvalue weighted by molar-refractivity contribution is -0.0400. The summed E-state index contributed by atoms with van der Waals surface area (Å²) >= 11 is 0. The maximum atomic E-state index is 9.00. The smallest absolute Gasteiger partial charge is 0.179 e. The number of aliphatic hydroxyl groups excluding tert-OH is 1. The molecule has 0 unspecified atom stereocenters. The lowest BCUT2D eigenvalue weighted by Gasteiger charge is -2.03. The SMILES string of the molecule is C/C(N)=C1\CCO[C@H]1O. The number of hydrogen-bond donors (Lipinski definition) is 2. The molecule has 0 radical (unpaired) electrons. The van der Waals surface area contributed by atoms with Crippen molar-refractivity contribution in [2.45, 2.75) is 19.6 Å². The van der Waals surface area contributed by atoms with E-state index in [4.69, 9.17) is 15.6 Å². The summed E-state index contributed by atoms with van der Waals surface area (Å²) in [5.74, 6) is 0. The zero-order valence-electron chi connectivity index (χ0n) is 5.42. The van der Waals surface area contributed by atoms with Gasteiger partial charge in [0.1, 0.15) is 0 Å². The molecule has 1 aliphatic heterocycles. The standard InChI is InChI=1S/C6H11NO2/c1-4(7)5-2-3-9-6(5)8/h6,8H,2-3,7H2,1H3/b5-4-/t6-/m1/s1. The highest BCUT2D eigenvalue weighted by atomic mass is 16.6. The molecule has 1 heterocycles. The predicted octanol–water partition coefficient (Wildman–Crippen LogP) is -0.0422. The zero-order chi connectivity index (χ0) is 6.85. The minimum atomic E-state index is -0.741. The number of aliphatic hydroxyl groups is 1. The summed E-state index contributed by atoms with van der Waals surface area (Å²) in [4.78, 5) is 0. The summed E-state index contributed by atoms with van der Waals surface area (Å²) in [6, 6.07) is 0. The highest BCUT2D eigenvalue weighted by molar-refractivity contribution is 5.13. The van der Waals surface area contributed by atoms with Crippen molar-refractivity contribution in [1.82, 2.24) is 0 Å². The van der Waals surface area contributed by atoms with Gasteiger partial charge in [-0.15, -0.1) is 0 Å². The number of hydrogen-bond acceptors (Lipinski definition) is 3. The zero-order valence-corrected chi connectivity index (χ0v) is 5.42. The second kappa shape index (κ2) is 2.37. The molecule has 1 fully saturated rings. The van der Waals surface area contributed by atoms with Gasteiger partial charge in [0.2, 0.25) is 0 Å². The van der Waals surface area contributed by atoms with Crippen LogP contribution in [0.2, 0.25) is 0 Å². The highest BCUT2D eigenvalue weighted by Gasteiger charge is 2.19. The minimum absolute atomic E-state index is 0.588. The molecule has 1 atom stereocenters. The third-order valence-corrected chi connectivity index (χ3v) is 1.45. The summed E-state index contributed by atoms with van der Waals surface area (Å²) < 4.78 is 4.84. The first-order chi connectivity index (χ1) is 4.22. The first kappa shape index (κ1) is 6.58. The molecule has 0 amide bonds. The maximum Gasteiger partial charge on any atom is 0.179 e. The molecule has 9 heavy (non-hydrogen) atoms. The van der Waals surface area contributed by atoms with Gasteiger partial charge in [0.25, 0.3) is 0 Å². The van der Waals surface area contributed by atoms with E-state index in [9.17, 15) is 0 Å². The van der Waals surface area contributed by atoms with Crippen LogP contribution in [0.1, 0.15) is 13.3 Å². The Bertz CT molecular complexity index is 138. The molecule has 1 aliphatic rings. The van der Waals surface area contributed by atoms with Gasteiger partial charge in [-0.3, -0.25) is 0 Å². The molecule has 0 spiro atoms. The Morgan fingerprint density at radius 2 is 2.56 bits per heavy atom.